The average Bonchev–Trinajstić information content (AvgIpc) is 3.04. The number of hydrogen-bond acceptors (Lipinski definition) is 5. The molecular weight excluding hydrogens is 320 g/mol. The molecule has 120 valence electrons. The van der Waals surface area contributed by atoms with E-state index in [4.69, 9.17) is 0 Å². The Morgan fingerprint density at radius 1 is 1.50 bits per heavy atom. The zero-order chi connectivity index (χ0) is 15.7. The summed E-state index contributed by atoms with van der Waals surface area (Å²) >= 11 is 1.46. The van der Waals surface area contributed by atoms with Crippen LogP contribution in [0.2, 0.25) is 0 Å². The fraction of sp³-hybridized carbons (Fsp3) is 0.571. The summed E-state index contributed by atoms with van der Waals surface area (Å²) in [6, 6.07) is 0. The molecule has 2 aromatic heterocycles. The van der Waals surface area contributed by atoms with E-state index in [1.54, 1.807) is 7.05 Å². The summed E-state index contributed by atoms with van der Waals surface area (Å²) in [5.41, 5.74) is 1.06. The Labute approximate surface area is 134 Å². The minimum Gasteiger partial charge on any atom is -0.274 e. The van der Waals surface area contributed by atoms with Crippen molar-refractivity contribution in [3.63, 3.8) is 0 Å². The Bertz CT molecular complexity index is 764. The number of sulfonamides is 1. The molecule has 8 heteroatoms. The molecule has 0 unspecified atom stereocenters. The number of thiazole rings is 1. The van der Waals surface area contributed by atoms with Gasteiger partial charge in [-0.3, -0.25) is 9.40 Å². The molecule has 0 amide bonds. The third-order valence-electron chi connectivity index (χ3n) is 3.95. The topological polar surface area (TPSA) is 76.9 Å². The van der Waals surface area contributed by atoms with E-state index < -0.39 is 10.0 Å². The van der Waals surface area contributed by atoms with Crippen molar-refractivity contribution in [2.75, 3.05) is 4.72 Å². The summed E-state index contributed by atoms with van der Waals surface area (Å²) in [5.74, 6) is 0.709. The molecule has 6 nitrogen and oxygen atoms in total. The second-order valence-corrected chi connectivity index (χ2v) is 8.51. The highest BCUT2D eigenvalue weighted by Crippen LogP contribution is 2.34. The normalized spacial score (nSPS) is 18.2. The minimum atomic E-state index is -3.60. The van der Waals surface area contributed by atoms with Crippen LogP contribution in [-0.2, 0) is 29.9 Å². The molecule has 0 bridgehead atoms. The van der Waals surface area contributed by atoms with Gasteiger partial charge >= 0.3 is 0 Å². The van der Waals surface area contributed by atoms with Crippen molar-refractivity contribution < 1.29 is 8.42 Å². The fourth-order valence-electron chi connectivity index (χ4n) is 2.85. The number of nitrogens with zero attached hydrogens (tertiary/aromatic N) is 3. The molecule has 1 atom stereocenters. The van der Waals surface area contributed by atoms with Crippen molar-refractivity contribution in [1.82, 2.24) is 14.8 Å². The van der Waals surface area contributed by atoms with Gasteiger partial charge in [0.1, 0.15) is 4.90 Å². The molecule has 0 radical (unpaired) electrons. The first-order valence-corrected chi connectivity index (χ1v) is 9.78. The van der Waals surface area contributed by atoms with E-state index in [9.17, 15) is 8.42 Å². The lowest BCUT2D eigenvalue weighted by molar-refractivity contribution is 0.424. The molecule has 0 aromatic carbocycles. The highest BCUT2D eigenvalue weighted by atomic mass is 32.2. The highest BCUT2D eigenvalue weighted by Gasteiger charge is 2.24. The van der Waals surface area contributed by atoms with Crippen molar-refractivity contribution in [3.8, 4) is 0 Å². The number of hydrogen-bond donors (Lipinski definition) is 1. The van der Waals surface area contributed by atoms with Gasteiger partial charge in [-0.25, -0.2) is 13.4 Å². The van der Waals surface area contributed by atoms with E-state index in [1.165, 1.54) is 46.1 Å². The van der Waals surface area contributed by atoms with Crippen molar-refractivity contribution >= 4 is 26.5 Å². The summed E-state index contributed by atoms with van der Waals surface area (Å²) in [7, 11) is -1.91. The number of aryl methyl sites for hydroxylation is 2. The summed E-state index contributed by atoms with van der Waals surface area (Å²) < 4.78 is 28.6. The monoisotopic (exact) mass is 340 g/mol. The van der Waals surface area contributed by atoms with Crippen LogP contribution in [0, 0.1) is 5.92 Å². The molecule has 0 spiro atoms. The second-order valence-electron chi connectivity index (χ2n) is 5.74. The Morgan fingerprint density at radius 2 is 2.32 bits per heavy atom. The van der Waals surface area contributed by atoms with Crippen LogP contribution in [0.25, 0.3) is 0 Å². The molecule has 0 fully saturated rings. The van der Waals surface area contributed by atoms with Crippen LogP contribution in [0.3, 0.4) is 0 Å². The number of rotatable bonds is 5. The number of anilines is 1. The second kappa shape index (κ2) is 6.00. The van der Waals surface area contributed by atoms with Gasteiger partial charge in [0.15, 0.2) is 5.13 Å². The minimum absolute atomic E-state index is 0.159. The third kappa shape index (κ3) is 3.17. The molecule has 2 aromatic rings. The Kier molecular flexibility index (Phi) is 4.22. The Morgan fingerprint density at radius 3 is 3.00 bits per heavy atom. The molecule has 0 aliphatic heterocycles. The van der Waals surface area contributed by atoms with Crippen LogP contribution in [0.1, 0.15) is 36.8 Å². The molecule has 0 saturated carbocycles. The van der Waals surface area contributed by atoms with Crippen LogP contribution in [-0.4, -0.2) is 23.2 Å². The van der Waals surface area contributed by atoms with Crippen molar-refractivity contribution in [3.05, 3.63) is 23.0 Å². The summed E-state index contributed by atoms with van der Waals surface area (Å²) in [6.45, 7) is 2.20. The first kappa shape index (κ1) is 15.5. The number of aromatic nitrogens is 3. The molecule has 1 aliphatic carbocycles. The summed E-state index contributed by atoms with van der Waals surface area (Å²) in [4.78, 5) is 5.85. The van der Waals surface area contributed by atoms with Crippen molar-refractivity contribution in [2.45, 2.75) is 43.9 Å². The molecule has 1 aliphatic rings. The Balaban J connectivity index is 1.77. The van der Waals surface area contributed by atoms with Crippen LogP contribution < -0.4 is 4.72 Å². The van der Waals surface area contributed by atoms with Gasteiger partial charge in [-0.15, -0.1) is 11.3 Å². The van der Waals surface area contributed by atoms with Gasteiger partial charge in [-0.1, -0.05) is 19.8 Å². The standard InChI is InChI=1S/C14H20N4O2S2/c1-3-4-10-5-6-12-13(7-10)21-14(16-12)17-22(19,20)11-8-15-18(2)9-11/h8-10H,3-7H2,1-2H3,(H,16,17)/t10-/m1/s1. The van der Waals surface area contributed by atoms with Gasteiger partial charge in [0.25, 0.3) is 10.0 Å². The molecule has 3 rings (SSSR count). The van der Waals surface area contributed by atoms with Crippen molar-refractivity contribution in [2.24, 2.45) is 13.0 Å². The smallest absolute Gasteiger partial charge is 0.266 e. The number of nitrogens with one attached hydrogen (secondary N) is 1. The SMILES string of the molecule is CCC[C@@H]1CCc2nc(NS(=O)(=O)c3cnn(C)c3)sc2C1. The maximum atomic E-state index is 12.3. The van der Waals surface area contributed by atoms with E-state index in [-0.39, 0.29) is 4.90 Å². The third-order valence-corrected chi connectivity index (χ3v) is 6.41. The lowest BCUT2D eigenvalue weighted by Crippen LogP contribution is -2.13. The molecular formula is C14H20N4O2S2. The maximum Gasteiger partial charge on any atom is 0.266 e. The van der Waals surface area contributed by atoms with Crippen LogP contribution in [0.5, 0.6) is 0 Å². The van der Waals surface area contributed by atoms with Gasteiger partial charge < -0.3 is 0 Å². The van der Waals surface area contributed by atoms with Gasteiger partial charge in [0, 0.05) is 18.1 Å². The van der Waals surface area contributed by atoms with Gasteiger partial charge in [-0.05, 0) is 25.2 Å². The molecule has 0 saturated heterocycles. The molecule has 1 N–H and O–H groups in total. The Hall–Kier alpha value is -1.41. The van der Waals surface area contributed by atoms with Gasteiger partial charge in [0.05, 0.1) is 11.9 Å². The van der Waals surface area contributed by atoms with E-state index in [1.807, 2.05) is 0 Å². The van der Waals surface area contributed by atoms with Gasteiger partial charge in [0.2, 0.25) is 0 Å². The zero-order valence-electron chi connectivity index (χ0n) is 12.7. The summed E-state index contributed by atoms with van der Waals surface area (Å²) in [5, 5.41) is 4.36. The maximum absolute atomic E-state index is 12.3. The quantitative estimate of drug-likeness (QED) is 0.907. The average molecular weight is 340 g/mol. The first-order chi connectivity index (χ1) is 10.5. The lowest BCUT2D eigenvalue weighted by Gasteiger charge is -2.19. The van der Waals surface area contributed by atoms with E-state index >= 15 is 0 Å². The van der Waals surface area contributed by atoms with Crippen LogP contribution in [0.15, 0.2) is 17.3 Å². The molecule has 2 heterocycles. The van der Waals surface area contributed by atoms with Crippen LogP contribution >= 0.6 is 11.3 Å². The van der Waals surface area contributed by atoms with Crippen molar-refractivity contribution in [1.29, 1.82) is 0 Å². The largest absolute Gasteiger partial charge is 0.274 e. The predicted octanol–water partition coefficient (Wildman–Crippen LogP) is 2.58. The lowest BCUT2D eigenvalue weighted by atomic mass is 9.88. The van der Waals surface area contributed by atoms with E-state index in [2.05, 4.69) is 21.7 Å². The highest BCUT2D eigenvalue weighted by molar-refractivity contribution is 7.93. The summed E-state index contributed by atoms with van der Waals surface area (Å²) in [6.07, 6.45) is 8.37. The fourth-order valence-corrected chi connectivity index (χ4v) is 5.19. The predicted molar refractivity (Wildman–Crippen MR) is 86.6 cm³/mol. The van der Waals surface area contributed by atoms with Crippen LogP contribution in [0.4, 0.5) is 5.13 Å². The van der Waals surface area contributed by atoms with Gasteiger partial charge in [-0.2, -0.15) is 5.10 Å². The van der Waals surface area contributed by atoms with E-state index in [0.29, 0.717) is 11.0 Å². The zero-order valence-corrected chi connectivity index (χ0v) is 14.4. The molecule has 22 heavy (non-hydrogen) atoms. The van der Waals surface area contributed by atoms with E-state index in [0.717, 1.165) is 25.0 Å². The first-order valence-electron chi connectivity index (χ1n) is 7.48. The number of fused-ring (bicyclic) bond motifs is 1.